The van der Waals surface area contributed by atoms with E-state index in [0.29, 0.717) is 23.0 Å². The van der Waals surface area contributed by atoms with Crippen LogP contribution in [0.15, 0.2) is 0 Å². The van der Waals surface area contributed by atoms with Crippen LogP contribution in [0.2, 0.25) is 0 Å². The first-order valence-corrected chi connectivity index (χ1v) is 9.90. The van der Waals surface area contributed by atoms with Crippen molar-refractivity contribution in [2.24, 2.45) is 5.41 Å². The van der Waals surface area contributed by atoms with Crippen molar-refractivity contribution in [3.63, 3.8) is 0 Å². The van der Waals surface area contributed by atoms with Gasteiger partial charge in [-0.3, -0.25) is 24.0 Å². The number of ether oxygens (including phenoxy) is 1. The average Bonchev–Trinajstić information content (AvgIpc) is 3.16. The van der Waals surface area contributed by atoms with Crippen LogP contribution in [0, 0.1) is 5.41 Å². The SMILES string of the molecule is CCC[C@@](C)(CC[C@@H](C)OC(=O)ON1C(=O)CCC1=O)C(=O)ON1C(=O)CCC1=O. The molecule has 0 aromatic rings. The molecule has 4 amide bonds. The first-order chi connectivity index (χ1) is 14.1. The molecule has 2 aliphatic rings. The molecule has 11 heteroatoms. The second-order valence-electron chi connectivity index (χ2n) is 7.66. The summed E-state index contributed by atoms with van der Waals surface area (Å²) in [4.78, 5) is 80.5. The van der Waals surface area contributed by atoms with Gasteiger partial charge in [-0.2, -0.15) is 0 Å². The number of rotatable bonds is 9. The van der Waals surface area contributed by atoms with E-state index < -0.39 is 47.3 Å². The minimum absolute atomic E-state index is 0.00557. The van der Waals surface area contributed by atoms with Crippen LogP contribution in [0.5, 0.6) is 0 Å². The minimum Gasteiger partial charge on any atom is -0.430 e. The van der Waals surface area contributed by atoms with Gasteiger partial charge in [-0.25, -0.2) is 9.59 Å². The Morgan fingerprint density at radius 1 is 0.900 bits per heavy atom. The number of imide groups is 2. The van der Waals surface area contributed by atoms with E-state index in [1.807, 2.05) is 6.92 Å². The van der Waals surface area contributed by atoms with Gasteiger partial charge in [0.05, 0.1) is 5.41 Å². The van der Waals surface area contributed by atoms with Crippen molar-refractivity contribution in [1.29, 1.82) is 0 Å². The third kappa shape index (κ3) is 5.55. The molecule has 11 nitrogen and oxygen atoms in total. The van der Waals surface area contributed by atoms with E-state index in [2.05, 4.69) is 4.84 Å². The van der Waals surface area contributed by atoms with Crippen molar-refractivity contribution in [2.45, 2.75) is 78.2 Å². The topological polar surface area (TPSA) is 137 Å². The number of hydrogen-bond donors (Lipinski definition) is 0. The molecule has 2 fully saturated rings. The zero-order valence-corrected chi connectivity index (χ0v) is 17.3. The number of hydrogen-bond acceptors (Lipinski definition) is 9. The number of carbonyl (C=O) groups is 6. The highest BCUT2D eigenvalue weighted by Gasteiger charge is 2.40. The molecule has 0 radical (unpaired) electrons. The summed E-state index contributed by atoms with van der Waals surface area (Å²) in [5.74, 6) is -3.06. The lowest BCUT2D eigenvalue weighted by molar-refractivity contribution is -0.205. The maximum absolute atomic E-state index is 12.7. The van der Waals surface area contributed by atoms with Crippen LogP contribution in [0.4, 0.5) is 4.79 Å². The smallest absolute Gasteiger partial charge is 0.430 e. The zero-order valence-electron chi connectivity index (χ0n) is 17.3. The Morgan fingerprint density at radius 3 is 1.83 bits per heavy atom. The van der Waals surface area contributed by atoms with Crippen molar-refractivity contribution in [3.8, 4) is 0 Å². The Hall–Kier alpha value is -2.98. The number of carbonyl (C=O) groups excluding carboxylic acids is 6. The Kier molecular flexibility index (Phi) is 7.52. The molecule has 0 spiro atoms. The summed E-state index contributed by atoms with van der Waals surface area (Å²) in [6.07, 6.45) is -0.376. The van der Waals surface area contributed by atoms with Gasteiger partial charge in [0.2, 0.25) is 0 Å². The minimum atomic E-state index is -1.20. The van der Waals surface area contributed by atoms with Gasteiger partial charge in [0.15, 0.2) is 0 Å². The highest BCUT2D eigenvalue weighted by atomic mass is 16.8. The van der Waals surface area contributed by atoms with Crippen LogP contribution in [-0.4, -0.2) is 52.0 Å². The second-order valence-corrected chi connectivity index (χ2v) is 7.66. The first kappa shape index (κ1) is 23.3. The predicted molar refractivity (Wildman–Crippen MR) is 97.5 cm³/mol. The summed E-state index contributed by atoms with van der Waals surface area (Å²) in [7, 11) is 0. The highest BCUT2D eigenvalue weighted by Crippen LogP contribution is 2.33. The molecule has 166 valence electrons. The quantitative estimate of drug-likeness (QED) is 0.399. The predicted octanol–water partition coefficient (Wildman–Crippen LogP) is 1.79. The lowest BCUT2D eigenvalue weighted by Gasteiger charge is -2.29. The fraction of sp³-hybridized carbons (Fsp3) is 0.684. The van der Waals surface area contributed by atoms with Crippen molar-refractivity contribution in [1.82, 2.24) is 10.1 Å². The van der Waals surface area contributed by atoms with E-state index in [1.54, 1.807) is 13.8 Å². The Morgan fingerprint density at radius 2 is 1.37 bits per heavy atom. The molecule has 2 atom stereocenters. The maximum Gasteiger partial charge on any atom is 0.534 e. The molecule has 0 saturated carbocycles. The van der Waals surface area contributed by atoms with Crippen LogP contribution in [0.1, 0.15) is 72.1 Å². The Bertz CT molecular complexity index is 718. The summed E-state index contributed by atoms with van der Waals surface area (Å²) >= 11 is 0. The normalized spacial score (nSPS) is 19.7. The Labute approximate surface area is 173 Å². The molecular weight excluding hydrogens is 400 g/mol. The molecule has 0 unspecified atom stereocenters. The van der Waals surface area contributed by atoms with Crippen LogP contribution in [0.3, 0.4) is 0 Å². The monoisotopic (exact) mass is 426 g/mol. The van der Waals surface area contributed by atoms with Crippen molar-refractivity contribution >= 4 is 35.8 Å². The van der Waals surface area contributed by atoms with Gasteiger partial charge >= 0.3 is 12.1 Å². The fourth-order valence-corrected chi connectivity index (χ4v) is 3.23. The summed E-state index contributed by atoms with van der Waals surface area (Å²) in [6.45, 7) is 5.09. The van der Waals surface area contributed by atoms with Crippen LogP contribution < -0.4 is 0 Å². The van der Waals surface area contributed by atoms with Crippen LogP contribution in [-0.2, 0) is 38.4 Å². The molecule has 2 aliphatic heterocycles. The number of hydroxylamine groups is 4. The van der Waals surface area contributed by atoms with E-state index in [9.17, 15) is 28.8 Å². The van der Waals surface area contributed by atoms with E-state index in [4.69, 9.17) is 9.57 Å². The van der Waals surface area contributed by atoms with E-state index >= 15 is 0 Å². The molecule has 0 aromatic carbocycles. The van der Waals surface area contributed by atoms with Gasteiger partial charge in [-0.1, -0.05) is 18.4 Å². The third-order valence-corrected chi connectivity index (χ3v) is 5.05. The largest absolute Gasteiger partial charge is 0.534 e. The van der Waals surface area contributed by atoms with E-state index in [1.165, 1.54) is 0 Å². The van der Waals surface area contributed by atoms with Crippen molar-refractivity contribution < 1.29 is 43.2 Å². The zero-order chi connectivity index (χ0) is 22.5. The molecule has 0 N–H and O–H groups in total. The van der Waals surface area contributed by atoms with E-state index in [0.717, 1.165) is 0 Å². The molecule has 0 bridgehead atoms. The van der Waals surface area contributed by atoms with Crippen molar-refractivity contribution in [2.75, 3.05) is 0 Å². The van der Waals surface area contributed by atoms with E-state index in [-0.39, 0.29) is 38.5 Å². The van der Waals surface area contributed by atoms with Crippen LogP contribution >= 0.6 is 0 Å². The van der Waals surface area contributed by atoms with Gasteiger partial charge in [0.25, 0.3) is 23.6 Å². The number of nitrogens with zero attached hydrogens (tertiary/aromatic N) is 2. The standard InChI is InChI=1S/C19H26N2O9/c1-4-10-19(3,17(26)29-20-13(22)5-6-14(20)23)11-9-12(2)28-18(27)30-21-15(24)7-8-16(21)25/h12H,4-11H2,1-3H3/t12-,19+/m1/s1. The average molecular weight is 426 g/mol. The highest BCUT2D eigenvalue weighted by molar-refractivity contribution is 6.02. The molecule has 2 heterocycles. The third-order valence-electron chi connectivity index (χ3n) is 5.05. The number of amides is 4. The molecule has 30 heavy (non-hydrogen) atoms. The lowest BCUT2D eigenvalue weighted by atomic mass is 9.80. The Balaban J connectivity index is 1.88. The van der Waals surface area contributed by atoms with Crippen molar-refractivity contribution in [3.05, 3.63) is 0 Å². The molecule has 0 aromatic heterocycles. The maximum atomic E-state index is 12.7. The van der Waals surface area contributed by atoms with Gasteiger partial charge in [0.1, 0.15) is 6.10 Å². The van der Waals surface area contributed by atoms with Crippen LogP contribution in [0.25, 0.3) is 0 Å². The summed E-state index contributed by atoms with van der Waals surface area (Å²) in [5, 5.41) is 0.898. The molecule has 2 rings (SSSR count). The van der Waals surface area contributed by atoms with Gasteiger partial charge in [-0.05, 0) is 33.1 Å². The van der Waals surface area contributed by atoms with Gasteiger partial charge < -0.3 is 9.57 Å². The molecule has 2 saturated heterocycles. The molecule has 0 aliphatic carbocycles. The summed E-state index contributed by atoms with van der Waals surface area (Å²) in [5.41, 5.74) is -1.01. The molecular formula is C19H26N2O9. The summed E-state index contributed by atoms with van der Waals surface area (Å²) < 4.78 is 5.05. The first-order valence-electron chi connectivity index (χ1n) is 9.90. The lowest BCUT2D eigenvalue weighted by Crippen LogP contribution is -2.39. The van der Waals surface area contributed by atoms with Gasteiger partial charge in [-0.15, -0.1) is 5.06 Å². The summed E-state index contributed by atoms with van der Waals surface area (Å²) in [6, 6.07) is 0. The second kappa shape index (κ2) is 9.68. The van der Waals surface area contributed by atoms with Gasteiger partial charge in [0, 0.05) is 25.7 Å². The fourth-order valence-electron chi connectivity index (χ4n) is 3.23.